The van der Waals surface area contributed by atoms with Gasteiger partial charge in [0.2, 0.25) is 0 Å². The molecule has 3 nitrogen and oxygen atoms in total. The molecule has 2 heterocycles. The number of pyridine rings is 1. The largest absolute Gasteiger partial charge is 0.346 e. The zero-order chi connectivity index (χ0) is 13.2. The average Bonchev–Trinajstić information content (AvgIpc) is 2.46. The van der Waals surface area contributed by atoms with Crippen molar-refractivity contribution in [3.05, 3.63) is 58.7 Å². The molecule has 0 saturated carbocycles. The molecule has 1 unspecified atom stereocenters. The SMILES string of the molecule is NCC1Cc2ccccc2CN1c1ncccc1Cl. The third-order valence-electron chi connectivity index (χ3n) is 3.64. The lowest BCUT2D eigenvalue weighted by atomic mass is 9.94. The molecule has 0 aliphatic carbocycles. The molecule has 0 spiro atoms. The molecule has 3 rings (SSSR count). The lowest BCUT2D eigenvalue weighted by Crippen LogP contribution is -2.45. The Balaban J connectivity index is 2.00. The highest BCUT2D eigenvalue weighted by Gasteiger charge is 2.27. The quantitative estimate of drug-likeness (QED) is 0.915. The molecule has 1 atom stereocenters. The number of hydrogen-bond donors (Lipinski definition) is 1. The van der Waals surface area contributed by atoms with Gasteiger partial charge in [-0.25, -0.2) is 4.98 Å². The van der Waals surface area contributed by atoms with E-state index >= 15 is 0 Å². The summed E-state index contributed by atoms with van der Waals surface area (Å²) < 4.78 is 0. The number of hydrogen-bond acceptors (Lipinski definition) is 3. The van der Waals surface area contributed by atoms with Crippen LogP contribution in [-0.4, -0.2) is 17.6 Å². The van der Waals surface area contributed by atoms with Crippen molar-refractivity contribution >= 4 is 17.4 Å². The lowest BCUT2D eigenvalue weighted by molar-refractivity contribution is 0.556. The van der Waals surface area contributed by atoms with Gasteiger partial charge in [0.05, 0.1) is 5.02 Å². The fraction of sp³-hybridized carbons (Fsp3) is 0.267. The van der Waals surface area contributed by atoms with Gasteiger partial charge in [-0.1, -0.05) is 35.9 Å². The van der Waals surface area contributed by atoms with E-state index in [9.17, 15) is 0 Å². The van der Waals surface area contributed by atoms with Crippen LogP contribution in [0.3, 0.4) is 0 Å². The smallest absolute Gasteiger partial charge is 0.147 e. The third-order valence-corrected chi connectivity index (χ3v) is 3.93. The van der Waals surface area contributed by atoms with Crippen molar-refractivity contribution in [2.75, 3.05) is 11.4 Å². The van der Waals surface area contributed by atoms with E-state index in [-0.39, 0.29) is 6.04 Å². The second-order valence-corrected chi connectivity index (χ2v) is 5.21. The van der Waals surface area contributed by atoms with Crippen LogP contribution in [0.15, 0.2) is 42.6 Å². The summed E-state index contributed by atoms with van der Waals surface area (Å²) in [6, 6.07) is 12.5. The van der Waals surface area contributed by atoms with Crippen molar-refractivity contribution in [3.8, 4) is 0 Å². The minimum atomic E-state index is 0.252. The summed E-state index contributed by atoms with van der Waals surface area (Å²) in [5.74, 6) is 0.828. The summed E-state index contributed by atoms with van der Waals surface area (Å²) in [5, 5.41) is 0.681. The number of anilines is 1. The minimum Gasteiger partial charge on any atom is -0.346 e. The highest BCUT2D eigenvalue weighted by atomic mass is 35.5. The molecule has 0 fully saturated rings. The van der Waals surface area contributed by atoms with Gasteiger partial charge < -0.3 is 10.6 Å². The number of fused-ring (bicyclic) bond motifs is 1. The predicted molar refractivity (Wildman–Crippen MR) is 78.4 cm³/mol. The molecule has 1 aliphatic heterocycles. The van der Waals surface area contributed by atoms with E-state index in [1.165, 1.54) is 11.1 Å². The number of benzene rings is 1. The fourth-order valence-electron chi connectivity index (χ4n) is 2.63. The number of aromatic nitrogens is 1. The number of rotatable bonds is 2. The summed E-state index contributed by atoms with van der Waals surface area (Å²) in [7, 11) is 0. The Hall–Kier alpha value is -1.58. The first-order valence-corrected chi connectivity index (χ1v) is 6.81. The summed E-state index contributed by atoms with van der Waals surface area (Å²) in [5.41, 5.74) is 8.63. The Kier molecular flexibility index (Phi) is 3.40. The molecule has 0 saturated heterocycles. The average molecular weight is 274 g/mol. The third kappa shape index (κ3) is 2.31. The van der Waals surface area contributed by atoms with Gasteiger partial charge in [-0.3, -0.25) is 0 Å². The maximum absolute atomic E-state index is 6.26. The van der Waals surface area contributed by atoms with Crippen LogP contribution in [0.25, 0.3) is 0 Å². The summed E-state index contributed by atoms with van der Waals surface area (Å²) in [4.78, 5) is 6.62. The van der Waals surface area contributed by atoms with Crippen LogP contribution in [0.5, 0.6) is 0 Å². The molecule has 0 radical (unpaired) electrons. The van der Waals surface area contributed by atoms with Gasteiger partial charge >= 0.3 is 0 Å². The second-order valence-electron chi connectivity index (χ2n) is 4.80. The van der Waals surface area contributed by atoms with Crippen LogP contribution in [0, 0.1) is 0 Å². The van der Waals surface area contributed by atoms with Crippen molar-refractivity contribution in [1.29, 1.82) is 0 Å². The predicted octanol–water partition coefficient (Wildman–Crippen LogP) is 2.63. The highest BCUT2D eigenvalue weighted by Crippen LogP contribution is 2.31. The monoisotopic (exact) mass is 273 g/mol. The molecule has 19 heavy (non-hydrogen) atoms. The molecule has 0 bridgehead atoms. The second kappa shape index (κ2) is 5.19. The van der Waals surface area contributed by atoms with Crippen molar-refractivity contribution < 1.29 is 0 Å². The highest BCUT2D eigenvalue weighted by molar-refractivity contribution is 6.32. The molecule has 0 amide bonds. The number of halogens is 1. The first-order valence-electron chi connectivity index (χ1n) is 6.43. The van der Waals surface area contributed by atoms with Gasteiger partial charge in [0.1, 0.15) is 5.82 Å². The van der Waals surface area contributed by atoms with E-state index in [4.69, 9.17) is 17.3 Å². The minimum absolute atomic E-state index is 0.252. The Morgan fingerprint density at radius 1 is 1.21 bits per heavy atom. The Bertz CT molecular complexity index is 585. The fourth-order valence-corrected chi connectivity index (χ4v) is 2.86. The lowest BCUT2D eigenvalue weighted by Gasteiger charge is -2.37. The van der Waals surface area contributed by atoms with E-state index in [1.807, 2.05) is 12.1 Å². The van der Waals surface area contributed by atoms with Crippen molar-refractivity contribution in [1.82, 2.24) is 4.98 Å². The van der Waals surface area contributed by atoms with Gasteiger partial charge in [0.25, 0.3) is 0 Å². The first-order chi connectivity index (χ1) is 9.29. The molecule has 1 aromatic heterocycles. The van der Waals surface area contributed by atoms with Crippen LogP contribution >= 0.6 is 11.6 Å². The Morgan fingerprint density at radius 2 is 2.00 bits per heavy atom. The maximum Gasteiger partial charge on any atom is 0.147 e. The van der Waals surface area contributed by atoms with Crippen molar-refractivity contribution in [3.63, 3.8) is 0 Å². The zero-order valence-electron chi connectivity index (χ0n) is 10.6. The molecule has 2 aromatic rings. The Labute approximate surface area is 118 Å². The number of nitrogens with two attached hydrogens (primary N) is 1. The van der Waals surface area contributed by atoms with E-state index in [0.717, 1.165) is 18.8 Å². The molecule has 2 N–H and O–H groups in total. The van der Waals surface area contributed by atoms with Crippen molar-refractivity contribution in [2.24, 2.45) is 5.73 Å². The van der Waals surface area contributed by atoms with Crippen LogP contribution in [-0.2, 0) is 13.0 Å². The van der Waals surface area contributed by atoms with E-state index in [0.29, 0.717) is 11.6 Å². The summed E-state index contributed by atoms with van der Waals surface area (Å²) in [6.07, 6.45) is 2.72. The van der Waals surface area contributed by atoms with Gasteiger partial charge in [0, 0.05) is 25.3 Å². The summed E-state index contributed by atoms with van der Waals surface area (Å²) >= 11 is 6.26. The maximum atomic E-state index is 6.26. The molecule has 98 valence electrons. The zero-order valence-corrected chi connectivity index (χ0v) is 11.3. The first kappa shape index (κ1) is 12.5. The van der Waals surface area contributed by atoms with Gasteiger partial charge in [-0.2, -0.15) is 0 Å². The topological polar surface area (TPSA) is 42.1 Å². The van der Waals surface area contributed by atoms with Crippen LogP contribution in [0.1, 0.15) is 11.1 Å². The van der Waals surface area contributed by atoms with Gasteiger partial charge in [-0.15, -0.1) is 0 Å². The van der Waals surface area contributed by atoms with Gasteiger partial charge in [0.15, 0.2) is 0 Å². The van der Waals surface area contributed by atoms with Gasteiger partial charge in [-0.05, 0) is 29.7 Å². The van der Waals surface area contributed by atoms with E-state index in [1.54, 1.807) is 6.20 Å². The molecular formula is C15H16ClN3. The molecule has 4 heteroatoms. The van der Waals surface area contributed by atoms with Crippen LogP contribution in [0.4, 0.5) is 5.82 Å². The van der Waals surface area contributed by atoms with Crippen molar-refractivity contribution in [2.45, 2.75) is 19.0 Å². The number of nitrogens with zero attached hydrogens (tertiary/aromatic N) is 2. The normalized spacial score (nSPS) is 18.2. The standard InChI is InChI=1S/C15H16ClN3/c16-14-6-3-7-18-15(14)19-10-12-5-2-1-4-11(12)8-13(19)9-17/h1-7,13H,8-10,17H2. The van der Waals surface area contributed by atoms with Crippen LogP contribution < -0.4 is 10.6 Å². The molecule has 1 aliphatic rings. The van der Waals surface area contributed by atoms with E-state index in [2.05, 4.69) is 34.1 Å². The van der Waals surface area contributed by atoms with Crippen LogP contribution in [0.2, 0.25) is 5.02 Å². The molecular weight excluding hydrogens is 258 g/mol. The van der Waals surface area contributed by atoms with E-state index < -0.39 is 0 Å². The molecule has 1 aromatic carbocycles. The summed E-state index contributed by atoms with van der Waals surface area (Å²) in [6.45, 7) is 1.41. The Morgan fingerprint density at radius 3 is 2.74 bits per heavy atom.